The molecule has 0 saturated heterocycles. The van der Waals surface area contributed by atoms with Crippen LogP contribution in [0.4, 0.5) is 0 Å². The predicted molar refractivity (Wildman–Crippen MR) is 62.5 cm³/mol. The van der Waals surface area contributed by atoms with Gasteiger partial charge in [0, 0.05) is 6.54 Å². The van der Waals surface area contributed by atoms with Crippen LogP contribution in [-0.2, 0) is 6.54 Å². The Morgan fingerprint density at radius 2 is 2.00 bits per heavy atom. The topological polar surface area (TPSA) is 3.24 Å². The molecule has 0 aromatic heterocycles. The van der Waals surface area contributed by atoms with Gasteiger partial charge >= 0.3 is 0 Å². The van der Waals surface area contributed by atoms with Crippen LogP contribution >= 0.6 is 0 Å². The van der Waals surface area contributed by atoms with Gasteiger partial charge in [-0.2, -0.15) is 0 Å². The second-order valence-electron chi connectivity index (χ2n) is 4.29. The Morgan fingerprint density at radius 3 is 2.57 bits per heavy atom. The average Bonchev–Trinajstić information content (AvgIpc) is 2.16. The molecule has 1 unspecified atom stereocenters. The van der Waals surface area contributed by atoms with Crippen molar-refractivity contribution in [2.24, 2.45) is 0 Å². The van der Waals surface area contributed by atoms with Gasteiger partial charge < -0.3 is 4.90 Å². The normalized spacial score (nSPS) is 13.2. The van der Waals surface area contributed by atoms with Crippen LogP contribution in [0.3, 0.4) is 0 Å². The van der Waals surface area contributed by atoms with Gasteiger partial charge in [0.2, 0.25) is 0 Å². The molecule has 0 spiro atoms. The Bertz CT molecular complexity index is 278. The minimum Gasteiger partial charge on any atom is -0.305 e. The first kappa shape index (κ1) is 11.3. The van der Waals surface area contributed by atoms with Gasteiger partial charge in [-0.1, -0.05) is 38.1 Å². The van der Waals surface area contributed by atoms with E-state index in [0.717, 1.165) is 6.54 Å². The molecule has 78 valence electrons. The average molecular weight is 191 g/mol. The van der Waals surface area contributed by atoms with E-state index in [-0.39, 0.29) is 0 Å². The summed E-state index contributed by atoms with van der Waals surface area (Å²) in [6, 6.07) is 8.92. The largest absolute Gasteiger partial charge is 0.305 e. The molecule has 0 heterocycles. The molecule has 0 saturated carbocycles. The first-order valence-corrected chi connectivity index (χ1v) is 5.37. The fraction of sp³-hybridized carbons (Fsp3) is 0.538. The molecule has 1 heteroatoms. The number of hydrogen-bond acceptors (Lipinski definition) is 1. The standard InChI is InChI=1S/C13H21N/c1-5-11(2)13-8-6-7-12(9-13)10-14(3)4/h6-9,11H,5,10H2,1-4H3. The lowest BCUT2D eigenvalue weighted by atomic mass is 9.97. The SMILES string of the molecule is CCC(C)c1cccc(CN(C)C)c1. The molecule has 1 atom stereocenters. The zero-order valence-electron chi connectivity index (χ0n) is 9.75. The summed E-state index contributed by atoms with van der Waals surface area (Å²) in [5.41, 5.74) is 2.87. The van der Waals surface area contributed by atoms with Gasteiger partial charge in [0.15, 0.2) is 0 Å². The molecule has 1 aromatic rings. The van der Waals surface area contributed by atoms with E-state index in [1.165, 1.54) is 17.5 Å². The van der Waals surface area contributed by atoms with E-state index in [1.807, 2.05) is 0 Å². The molecule has 0 bridgehead atoms. The molecule has 1 aromatic carbocycles. The van der Waals surface area contributed by atoms with Crippen LogP contribution < -0.4 is 0 Å². The molecule has 1 rings (SSSR count). The summed E-state index contributed by atoms with van der Waals surface area (Å²) >= 11 is 0. The minimum atomic E-state index is 0.678. The first-order valence-electron chi connectivity index (χ1n) is 5.37. The third-order valence-electron chi connectivity index (χ3n) is 2.63. The van der Waals surface area contributed by atoms with Crippen molar-refractivity contribution in [2.75, 3.05) is 14.1 Å². The van der Waals surface area contributed by atoms with E-state index < -0.39 is 0 Å². The summed E-state index contributed by atoms with van der Waals surface area (Å²) in [6.07, 6.45) is 1.21. The Morgan fingerprint density at radius 1 is 1.29 bits per heavy atom. The fourth-order valence-corrected chi connectivity index (χ4v) is 1.60. The lowest BCUT2D eigenvalue weighted by Crippen LogP contribution is -2.10. The predicted octanol–water partition coefficient (Wildman–Crippen LogP) is 3.26. The Balaban J connectivity index is 2.78. The van der Waals surface area contributed by atoms with Crippen molar-refractivity contribution in [3.8, 4) is 0 Å². The van der Waals surface area contributed by atoms with Crippen LogP contribution in [0, 0.1) is 0 Å². The Labute approximate surface area is 87.7 Å². The van der Waals surface area contributed by atoms with Crippen molar-refractivity contribution in [2.45, 2.75) is 32.7 Å². The van der Waals surface area contributed by atoms with Gasteiger partial charge in [0.1, 0.15) is 0 Å². The maximum Gasteiger partial charge on any atom is 0.0227 e. The van der Waals surface area contributed by atoms with Crippen LogP contribution in [0.25, 0.3) is 0 Å². The number of nitrogens with zero attached hydrogens (tertiary/aromatic N) is 1. The highest BCUT2D eigenvalue weighted by Gasteiger charge is 2.03. The molecule has 0 aliphatic carbocycles. The van der Waals surface area contributed by atoms with Crippen molar-refractivity contribution >= 4 is 0 Å². The summed E-state index contributed by atoms with van der Waals surface area (Å²) < 4.78 is 0. The molecule has 14 heavy (non-hydrogen) atoms. The molecule has 0 amide bonds. The fourth-order valence-electron chi connectivity index (χ4n) is 1.60. The van der Waals surface area contributed by atoms with Gasteiger partial charge in [-0.05, 0) is 37.6 Å². The number of benzene rings is 1. The molecule has 0 aliphatic rings. The van der Waals surface area contributed by atoms with Crippen LogP contribution in [0.15, 0.2) is 24.3 Å². The van der Waals surface area contributed by atoms with E-state index >= 15 is 0 Å². The third kappa shape index (κ3) is 3.15. The highest BCUT2D eigenvalue weighted by atomic mass is 15.0. The summed E-state index contributed by atoms with van der Waals surface area (Å²) in [5.74, 6) is 0.678. The molecular formula is C13H21N. The zero-order valence-corrected chi connectivity index (χ0v) is 9.75. The third-order valence-corrected chi connectivity index (χ3v) is 2.63. The molecular weight excluding hydrogens is 170 g/mol. The van der Waals surface area contributed by atoms with Crippen molar-refractivity contribution in [1.29, 1.82) is 0 Å². The second kappa shape index (κ2) is 5.16. The van der Waals surface area contributed by atoms with Crippen LogP contribution in [-0.4, -0.2) is 19.0 Å². The van der Waals surface area contributed by atoms with E-state index in [1.54, 1.807) is 0 Å². The maximum absolute atomic E-state index is 2.33. The highest BCUT2D eigenvalue weighted by molar-refractivity contribution is 5.25. The second-order valence-corrected chi connectivity index (χ2v) is 4.29. The van der Waals surface area contributed by atoms with Crippen molar-refractivity contribution in [3.05, 3.63) is 35.4 Å². The van der Waals surface area contributed by atoms with Crippen LogP contribution in [0.1, 0.15) is 37.3 Å². The van der Waals surface area contributed by atoms with Crippen molar-refractivity contribution < 1.29 is 0 Å². The lowest BCUT2D eigenvalue weighted by Gasteiger charge is -2.13. The van der Waals surface area contributed by atoms with Crippen molar-refractivity contribution in [3.63, 3.8) is 0 Å². The quantitative estimate of drug-likeness (QED) is 0.706. The van der Waals surface area contributed by atoms with E-state index in [0.29, 0.717) is 5.92 Å². The van der Waals surface area contributed by atoms with E-state index in [4.69, 9.17) is 0 Å². The monoisotopic (exact) mass is 191 g/mol. The summed E-state index contributed by atoms with van der Waals surface area (Å²) in [7, 11) is 4.21. The van der Waals surface area contributed by atoms with E-state index in [2.05, 4.69) is 57.1 Å². The maximum atomic E-state index is 2.33. The highest BCUT2D eigenvalue weighted by Crippen LogP contribution is 2.19. The van der Waals surface area contributed by atoms with Crippen LogP contribution in [0.2, 0.25) is 0 Å². The molecule has 1 nitrogen and oxygen atoms in total. The summed E-state index contributed by atoms with van der Waals surface area (Å²) in [4.78, 5) is 2.20. The molecule has 0 radical (unpaired) electrons. The number of hydrogen-bond donors (Lipinski definition) is 0. The number of rotatable bonds is 4. The first-order chi connectivity index (χ1) is 6.63. The van der Waals surface area contributed by atoms with Crippen molar-refractivity contribution in [1.82, 2.24) is 4.90 Å². The van der Waals surface area contributed by atoms with Crippen LogP contribution in [0.5, 0.6) is 0 Å². The summed E-state index contributed by atoms with van der Waals surface area (Å²) in [6.45, 7) is 5.56. The van der Waals surface area contributed by atoms with Gasteiger partial charge in [-0.25, -0.2) is 0 Å². The Hall–Kier alpha value is -0.820. The Kier molecular flexibility index (Phi) is 4.15. The molecule has 0 aliphatic heterocycles. The summed E-state index contributed by atoms with van der Waals surface area (Å²) in [5, 5.41) is 0. The minimum absolute atomic E-state index is 0.678. The zero-order chi connectivity index (χ0) is 10.6. The van der Waals surface area contributed by atoms with Gasteiger partial charge in [0.25, 0.3) is 0 Å². The molecule has 0 N–H and O–H groups in total. The van der Waals surface area contributed by atoms with Gasteiger partial charge in [-0.15, -0.1) is 0 Å². The molecule has 0 fully saturated rings. The van der Waals surface area contributed by atoms with E-state index in [9.17, 15) is 0 Å². The smallest absolute Gasteiger partial charge is 0.0227 e. The van der Waals surface area contributed by atoms with Gasteiger partial charge in [0.05, 0.1) is 0 Å². The van der Waals surface area contributed by atoms with Gasteiger partial charge in [-0.3, -0.25) is 0 Å². The lowest BCUT2D eigenvalue weighted by molar-refractivity contribution is 0.402.